The van der Waals surface area contributed by atoms with Crippen LogP contribution in [0.4, 0.5) is 23.4 Å². The Balaban J connectivity index is 1.53. The fourth-order valence-electron chi connectivity index (χ4n) is 4.55. The van der Waals surface area contributed by atoms with E-state index in [0.29, 0.717) is 6.54 Å². The van der Waals surface area contributed by atoms with Crippen molar-refractivity contribution in [3.8, 4) is 0 Å². The smallest absolute Gasteiger partial charge is 0.403 e. The van der Waals surface area contributed by atoms with Crippen molar-refractivity contribution in [2.24, 2.45) is 5.41 Å². The molecule has 3 rings (SSSR count). The first-order valence-electron chi connectivity index (χ1n) is 12.7. The van der Waals surface area contributed by atoms with E-state index >= 15 is 0 Å². The number of nitrogens with zero attached hydrogens (tertiary/aromatic N) is 2. The second-order valence-electron chi connectivity index (χ2n) is 9.84. The average molecular weight is 533 g/mol. The summed E-state index contributed by atoms with van der Waals surface area (Å²) in [5.41, 5.74) is -0.317. The highest BCUT2D eigenvalue weighted by Crippen LogP contribution is 2.57. The predicted molar refractivity (Wildman–Crippen MR) is 129 cm³/mol. The zero-order valence-electron chi connectivity index (χ0n) is 21.1. The first-order valence-corrected chi connectivity index (χ1v) is 12.7. The van der Waals surface area contributed by atoms with Gasteiger partial charge in [-0.1, -0.05) is 6.07 Å². The highest BCUT2D eigenvalue weighted by molar-refractivity contribution is 5.90. The Kier molecular flexibility index (Phi) is 10.1. The highest BCUT2D eigenvalue weighted by Gasteiger charge is 2.68. The van der Waals surface area contributed by atoms with E-state index in [0.717, 1.165) is 50.2 Å². The van der Waals surface area contributed by atoms with Crippen LogP contribution in [0.5, 0.6) is 0 Å². The molecule has 1 aromatic heterocycles. The Labute approximate surface area is 214 Å². The third kappa shape index (κ3) is 7.76. The van der Waals surface area contributed by atoms with Crippen LogP contribution in [0.3, 0.4) is 0 Å². The molecule has 12 heteroatoms. The number of aliphatic carboxylic acids is 1. The van der Waals surface area contributed by atoms with Gasteiger partial charge in [-0.05, 0) is 69.5 Å². The molecule has 2 aliphatic rings. The summed E-state index contributed by atoms with van der Waals surface area (Å²) in [6.07, 6.45) is -1.89. The van der Waals surface area contributed by atoms with Crippen molar-refractivity contribution < 1.29 is 37.0 Å². The number of anilines is 1. The molecule has 0 radical (unpaired) electrons. The number of ether oxygens (including phenoxy) is 1. The van der Waals surface area contributed by atoms with Gasteiger partial charge in [0, 0.05) is 32.4 Å². The van der Waals surface area contributed by atoms with E-state index in [9.17, 15) is 32.3 Å². The maximum atomic E-state index is 13.3. The first kappa shape index (κ1) is 29.1. The van der Waals surface area contributed by atoms with Crippen molar-refractivity contribution in [2.45, 2.75) is 69.7 Å². The van der Waals surface area contributed by atoms with Crippen LogP contribution >= 0.6 is 0 Å². The molecule has 2 unspecified atom stereocenters. The van der Waals surface area contributed by atoms with E-state index in [1.807, 2.05) is 11.0 Å². The zero-order chi connectivity index (χ0) is 27.1. The molecule has 1 fully saturated rings. The van der Waals surface area contributed by atoms with E-state index in [1.54, 1.807) is 0 Å². The van der Waals surface area contributed by atoms with E-state index < -0.39 is 42.3 Å². The van der Waals surface area contributed by atoms with Crippen LogP contribution in [0.15, 0.2) is 12.1 Å². The third-order valence-corrected chi connectivity index (χ3v) is 7.14. The van der Waals surface area contributed by atoms with Crippen molar-refractivity contribution in [1.29, 1.82) is 0 Å². The number of alkyl halides is 4. The first-order chi connectivity index (χ1) is 17.6. The monoisotopic (exact) mass is 532 g/mol. The quantitative estimate of drug-likeness (QED) is 0.235. The molecule has 1 aliphatic heterocycles. The van der Waals surface area contributed by atoms with E-state index in [4.69, 9.17) is 4.74 Å². The van der Waals surface area contributed by atoms with Crippen molar-refractivity contribution in [1.82, 2.24) is 15.2 Å². The van der Waals surface area contributed by atoms with Crippen LogP contribution in [-0.2, 0) is 27.2 Å². The number of pyridine rings is 1. The molecule has 0 aromatic carbocycles. The molecule has 208 valence electrons. The van der Waals surface area contributed by atoms with Gasteiger partial charge in [0.15, 0.2) is 0 Å². The molecule has 0 bridgehead atoms. The van der Waals surface area contributed by atoms with Crippen LogP contribution in [0, 0.1) is 5.41 Å². The standard InChI is InChI=1S/C25H36F4N4O4/c1-37-19(15-26)16-33(13-3-2-6-18-8-7-17-5-4-12-30-21(17)31-18)14-9-20(22(34)35)32-23(36)24(10-11-24)25(27,28)29/h7-8,19-20H,2-6,9-16H2,1H3,(H,30,31)(H,32,36)(H,34,35). The minimum Gasteiger partial charge on any atom is -0.480 e. The number of hydrogen-bond donors (Lipinski definition) is 3. The van der Waals surface area contributed by atoms with Gasteiger partial charge in [-0.2, -0.15) is 13.2 Å². The second-order valence-corrected chi connectivity index (χ2v) is 9.84. The molecular formula is C25H36F4N4O4. The molecule has 1 amide bonds. The summed E-state index contributed by atoms with van der Waals surface area (Å²) >= 11 is 0. The number of nitrogens with one attached hydrogen (secondary N) is 2. The number of methoxy groups -OCH3 is 1. The Bertz CT molecular complexity index is 922. The van der Waals surface area contributed by atoms with Crippen LogP contribution in [0.2, 0.25) is 0 Å². The minimum atomic E-state index is -4.72. The summed E-state index contributed by atoms with van der Waals surface area (Å²) in [7, 11) is 1.38. The van der Waals surface area contributed by atoms with E-state index in [1.165, 1.54) is 12.7 Å². The Morgan fingerprint density at radius 3 is 2.65 bits per heavy atom. The number of fused-ring (bicyclic) bond motifs is 1. The highest BCUT2D eigenvalue weighted by atomic mass is 19.4. The molecule has 2 atom stereocenters. The minimum absolute atomic E-state index is 0.115. The molecule has 8 nitrogen and oxygen atoms in total. The predicted octanol–water partition coefficient (Wildman–Crippen LogP) is 3.35. The summed E-state index contributed by atoms with van der Waals surface area (Å²) < 4.78 is 58.1. The topological polar surface area (TPSA) is 104 Å². The largest absolute Gasteiger partial charge is 0.480 e. The maximum absolute atomic E-state index is 13.3. The Morgan fingerprint density at radius 2 is 2.03 bits per heavy atom. The zero-order valence-corrected chi connectivity index (χ0v) is 21.1. The molecule has 3 N–H and O–H groups in total. The number of carbonyl (C=O) groups excluding carboxylic acids is 1. The number of aromatic nitrogens is 1. The number of carboxylic acids is 1. The fourth-order valence-corrected chi connectivity index (χ4v) is 4.55. The van der Waals surface area contributed by atoms with Gasteiger partial charge in [-0.15, -0.1) is 0 Å². The van der Waals surface area contributed by atoms with E-state index in [-0.39, 0.29) is 32.4 Å². The van der Waals surface area contributed by atoms with Gasteiger partial charge in [0.2, 0.25) is 5.91 Å². The summed E-state index contributed by atoms with van der Waals surface area (Å²) in [5, 5.41) is 14.9. The van der Waals surface area contributed by atoms with E-state index in [2.05, 4.69) is 21.7 Å². The number of carboxylic acid groups (broad SMARTS) is 1. The normalized spacial score (nSPS) is 18.0. The SMILES string of the molecule is COC(CF)CN(CCCCc1ccc2c(n1)NCCC2)CCC(NC(=O)C1(C(F)(F)F)CC1)C(=O)O. The lowest BCUT2D eigenvalue weighted by molar-refractivity contribution is -0.193. The number of aryl methyl sites for hydroxylation is 2. The lowest BCUT2D eigenvalue weighted by atomic mass is 10.0. The van der Waals surface area contributed by atoms with Gasteiger partial charge in [-0.25, -0.2) is 14.2 Å². The van der Waals surface area contributed by atoms with Gasteiger partial charge in [0.05, 0.1) is 6.10 Å². The average Bonchev–Trinajstić information content (AvgIpc) is 3.69. The molecular weight excluding hydrogens is 496 g/mol. The van der Waals surface area contributed by atoms with Gasteiger partial charge >= 0.3 is 12.1 Å². The molecule has 0 saturated heterocycles. The fraction of sp³-hybridized carbons (Fsp3) is 0.720. The maximum Gasteiger partial charge on any atom is 0.403 e. The lowest BCUT2D eigenvalue weighted by Crippen LogP contribution is -2.49. The van der Waals surface area contributed by atoms with Crippen LogP contribution in [-0.4, -0.2) is 85.2 Å². The molecule has 1 saturated carbocycles. The van der Waals surface area contributed by atoms with Crippen molar-refractivity contribution in [3.05, 3.63) is 23.4 Å². The summed E-state index contributed by atoms with van der Waals surface area (Å²) in [5.74, 6) is -1.78. The number of amides is 1. The second kappa shape index (κ2) is 12.9. The number of rotatable bonds is 15. The number of hydrogen-bond acceptors (Lipinski definition) is 6. The molecule has 0 spiro atoms. The van der Waals surface area contributed by atoms with Gasteiger partial charge in [0.1, 0.15) is 23.9 Å². The van der Waals surface area contributed by atoms with Crippen molar-refractivity contribution in [3.63, 3.8) is 0 Å². The number of carbonyl (C=O) groups is 2. The third-order valence-electron chi connectivity index (χ3n) is 7.14. The van der Waals surface area contributed by atoms with Crippen molar-refractivity contribution in [2.75, 3.05) is 45.3 Å². The lowest BCUT2D eigenvalue weighted by Gasteiger charge is -2.28. The van der Waals surface area contributed by atoms with Gasteiger partial charge in [-0.3, -0.25) is 4.79 Å². The molecule has 37 heavy (non-hydrogen) atoms. The van der Waals surface area contributed by atoms with Gasteiger partial charge < -0.3 is 25.4 Å². The summed E-state index contributed by atoms with van der Waals surface area (Å²) in [4.78, 5) is 30.4. The summed E-state index contributed by atoms with van der Waals surface area (Å²) in [6.45, 7) is 1.03. The number of unbranched alkanes of at least 4 members (excludes halogenated alkanes) is 1. The van der Waals surface area contributed by atoms with Crippen LogP contribution in [0.25, 0.3) is 0 Å². The Morgan fingerprint density at radius 1 is 1.27 bits per heavy atom. The Hall–Kier alpha value is -2.47. The van der Waals surface area contributed by atoms with Crippen molar-refractivity contribution >= 4 is 17.7 Å². The summed E-state index contributed by atoms with van der Waals surface area (Å²) in [6, 6.07) is 2.63. The molecule has 2 heterocycles. The van der Waals surface area contributed by atoms with Crippen LogP contribution < -0.4 is 10.6 Å². The van der Waals surface area contributed by atoms with Gasteiger partial charge in [0.25, 0.3) is 0 Å². The number of halogens is 4. The molecule has 1 aromatic rings. The molecule has 1 aliphatic carbocycles. The van der Waals surface area contributed by atoms with Crippen LogP contribution in [0.1, 0.15) is 49.8 Å².